The van der Waals surface area contributed by atoms with E-state index in [1.807, 2.05) is 18.2 Å². The van der Waals surface area contributed by atoms with E-state index >= 15 is 0 Å². The van der Waals surface area contributed by atoms with Crippen LogP contribution in [0.1, 0.15) is 12.1 Å². The average molecular weight is 456 g/mol. The molecule has 0 aliphatic carbocycles. The maximum atomic E-state index is 12.6. The van der Waals surface area contributed by atoms with E-state index in [0.29, 0.717) is 5.75 Å². The summed E-state index contributed by atoms with van der Waals surface area (Å²) in [6.45, 7) is 1.54. The number of amides is 1. The predicted molar refractivity (Wildman–Crippen MR) is 103 cm³/mol. The Morgan fingerprint density at radius 1 is 1.32 bits per heavy atom. The number of aromatic nitrogens is 1. The maximum Gasteiger partial charge on any atom is 0.433 e. The highest BCUT2D eigenvalue weighted by atomic mass is 79.9. The topological polar surface area (TPSA) is 54.8 Å². The standard InChI is InChI=1S/C19H17BrF3N3O2/c20-9-18(27)25-10-13-6-7-26(12-13)14-2-1-3-15(8-14)28-16-4-5-17(24-11-16)19(21,22)23/h1-5,8,10-11,13H,6-7,9,12H2. The lowest BCUT2D eigenvalue weighted by molar-refractivity contribution is -0.141. The lowest BCUT2D eigenvalue weighted by Gasteiger charge is -2.19. The maximum absolute atomic E-state index is 12.6. The number of hydrogen-bond donors (Lipinski definition) is 0. The summed E-state index contributed by atoms with van der Waals surface area (Å²) in [6, 6.07) is 9.42. The number of hydrogen-bond acceptors (Lipinski definition) is 4. The molecule has 1 saturated heterocycles. The van der Waals surface area contributed by atoms with E-state index in [9.17, 15) is 18.0 Å². The quantitative estimate of drug-likeness (QED) is 0.483. The zero-order valence-electron chi connectivity index (χ0n) is 14.7. The molecule has 3 rings (SSSR count). The lowest BCUT2D eigenvalue weighted by atomic mass is 10.1. The van der Waals surface area contributed by atoms with E-state index in [1.54, 1.807) is 12.3 Å². The minimum absolute atomic E-state index is 0.187. The Hall–Kier alpha value is -2.42. The fourth-order valence-corrected chi connectivity index (χ4v) is 3.00. The minimum atomic E-state index is -4.48. The third-order valence-electron chi connectivity index (χ3n) is 4.21. The van der Waals surface area contributed by atoms with Crippen molar-refractivity contribution in [3.63, 3.8) is 0 Å². The first kappa shape index (κ1) is 20.3. The molecule has 1 unspecified atom stereocenters. The van der Waals surface area contributed by atoms with Crippen LogP contribution >= 0.6 is 15.9 Å². The molecule has 0 N–H and O–H groups in total. The molecule has 1 aromatic heterocycles. The van der Waals surface area contributed by atoms with Crippen LogP contribution in [0.3, 0.4) is 0 Å². The third kappa shape index (κ3) is 5.31. The van der Waals surface area contributed by atoms with Crippen LogP contribution in [0, 0.1) is 5.92 Å². The molecular formula is C19H17BrF3N3O2. The molecule has 1 aromatic carbocycles. The van der Waals surface area contributed by atoms with E-state index in [2.05, 4.69) is 30.8 Å². The first-order chi connectivity index (χ1) is 13.3. The van der Waals surface area contributed by atoms with Crippen molar-refractivity contribution in [2.45, 2.75) is 12.6 Å². The summed E-state index contributed by atoms with van der Waals surface area (Å²) in [5.74, 6) is 0.709. The van der Waals surface area contributed by atoms with Crippen LogP contribution in [0.25, 0.3) is 0 Å². The summed E-state index contributed by atoms with van der Waals surface area (Å²) in [7, 11) is 0. The van der Waals surface area contributed by atoms with Gasteiger partial charge in [0.15, 0.2) is 0 Å². The molecule has 0 bridgehead atoms. The number of halogens is 4. The fourth-order valence-electron chi connectivity index (χ4n) is 2.85. The van der Waals surface area contributed by atoms with Crippen molar-refractivity contribution in [1.82, 2.24) is 4.98 Å². The molecule has 1 amide bonds. The summed E-state index contributed by atoms with van der Waals surface area (Å²) in [5.41, 5.74) is -0.0307. The Labute approximate surface area is 168 Å². The molecule has 2 heterocycles. The molecule has 0 spiro atoms. The molecular weight excluding hydrogens is 439 g/mol. The molecule has 1 fully saturated rings. The second kappa shape index (κ2) is 8.72. The van der Waals surface area contributed by atoms with Crippen LogP contribution in [0.2, 0.25) is 0 Å². The van der Waals surface area contributed by atoms with Gasteiger partial charge in [-0.3, -0.25) is 4.79 Å². The van der Waals surface area contributed by atoms with Gasteiger partial charge >= 0.3 is 6.18 Å². The van der Waals surface area contributed by atoms with Crippen LogP contribution in [-0.2, 0) is 11.0 Å². The Morgan fingerprint density at radius 2 is 2.14 bits per heavy atom. The highest BCUT2D eigenvalue weighted by molar-refractivity contribution is 9.09. The van der Waals surface area contributed by atoms with Crippen LogP contribution < -0.4 is 9.64 Å². The molecule has 1 aliphatic rings. The Bertz CT molecular complexity index is 856. The highest BCUT2D eigenvalue weighted by Crippen LogP contribution is 2.31. The zero-order chi connectivity index (χ0) is 20.1. The second-order valence-electron chi connectivity index (χ2n) is 6.28. The lowest BCUT2D eigenvalue weighted by Crippen LogP contribution is -2.20. The van der Waals surface area contributed by atoms with Gasteiger partial charge in [-0.25, -0.2) is 9.98 Å². The Morgan fingerprint density at radius 3 is 2.82 bits per heavy atom. The van der Waals surface area contributed by atoms with Gasteiger partial charge in [0.25, 0.3) is 5.91 Å². The second-order valence-corrected chi connectivity index (χ2v) is 6.84. The first-order valence-corrected chi connectivity index (χ1v) is 9.66. The Balaban J connectivity index is 1.64. The van der Waals surface area contributed by atoms with Gasteiger partial charge in [-0.2, -0.15) is 13.2 Å². The molecule has 5 nitrogen and oxygen atoms in total. The molecule has 28 heavy (non-hydrogen) atoms. The molecule has 0 saturated carbocycles. The molecule has 2 aromatic rings. The average Bonchev–Trinajstić information content (AvgIpc) is 3.15. The summed E-state index contributed by atoms with van der Waals surface area (Å²) < 4.78 is 43.4. The van der Waals surface area contributed by atoms with Gasteiger partial charge in [0.2, 0.25) is 0 Å². The summed E-state index contributed by atoms with van der Waals surface area (Å²) in [5, 5.41) is 0.206. The van der Waals surface area contributed by atoms with E-state index in [4.69, 9.17) is 4.74 Å². The molecule has 1 aliphatic heterocycles. The van der Waals surface area contributed by atoms with Crippen molar-refractivity contribution < 1.29 is 22.7 Å². The van der Waals surface area contributed by atoms with Gasteiger partial charge < -0.3 is 9.64 Å². The third-order valence-corrected chi connectivity index (χ3v) is 4.69. The molecule has 148 valence electrons. The number of carbonyl (C=O) groups is 1. The highest BCUT2D eigenvalue weighted by Gasteiger charge is 2.32. The SMILES string of the molecule is O=C(CBr)N=CC1CCN(c2cccc(Oc3ccc(C(F)(F)F)nc3)c2)C1. The fraction of sp³-hybridized carbons (Fsp3) is 0.316. The van der Waals surface area contributed by atoms with Gasteiger partial charge in [0.05, 0.1) is 11.5 Å². The molecule has 0 radical (unpaired) electrons. The molecule has 9 heteroatoms. The van der Waals surface area contributed by atoms with Crippen molar-refractivity contribution in [1.29, 1.82) is 0 Å². The van der Waals surface area contributed by atoms with E-state index in [1.165, 1.54) is 6.07 Å². The van der Waals surface area contributed by atoms with Crippen molar-refractivity contribution in [2.75, 3.05) is 23.3 Å². The van der Waals surface area contributed by atoms with E-state index < -0.39 is 11.9 Å². The zero-order valence-corrected chi connectivity index (χ0v) is 16.3. The van der Waals surface area contributed by atoms with Gasteiger partial charge in [0.1, 0.15) is 17.2 Å². The van der Waals surface area contributed by atoms with Gasteiger partial charge in [-0.1, -0.05) is 22.0 Å². The monoisotopic (exact) mass is 455 g/mol. The summed E-state index contributed by atoms with van der Waals surface area (Å²) >= 11 is 3.07. The smallest absolute Gasteiger partial charge is 0.433 e. The number of benzene rings is 1. The predicted octanol–water partition coefficient (Wildman–Crippen LogP) is 4.71. The van der Waals surface area contributed by atoms with Crippen molar-refractivity contribution in [2.24, 2.45) is 10.9 Å². The number of nitrogens with zero attached hydrogens (tertiary/aromatic N) is 3. The number of rotatable bonds is 5. The largest absolute Gasteiger partial charge is 0.456 e. The minimum Gasteiger partial charge on any atom is -0.456 e. The van der Waals surface area contributed by atoms with Crippen LogP contribution in [0.5, 0.6) is 11.5 Å². The number of ether oxygens (including phenoxy) is 1. The van der Waals surface area contributed by atoms with Gasteiger partial charge in [-0.05, 0) is 30.7 Å². The summed E-state index contributed by atoms with van der Waals surface area (Å²) in [4.78, 5) is 20.7. The van der Waals surface area contributed by atoms with Crippen LogP contribution in [0.4, 0.5) is 18.9 Å². The van der Waals surface area contributed by atoms with Gasteiger partial charge in [0, 0.05) is 37.0 Å². The van der Waals surface area contributed by atoms with Crippen LogP contribution in [0.15, 0.2) is 47.6 Å². The van der Waals surface area contributed by atoms with Crippen LogP contribution in [-0.4, -0.2) is 35.5 Å². The Kier molecular flexibility index (Phi) is 6.33. The van der Waals surface area contributed by atoms with Crippen molar-refractivity contribution in [3.8, 4) is 11.5 Å². The van der Waals surface area contributed by atoms with Crippen molar-refractivity contribution >= 4 is 33.7 Å². The van der Waals surface area contributed by atoms with Crippen molar-refractivity contribution in [3.05, 3.63) is 48.3 Å². The number of anilines is 1. The number of alkyl halides is 4. The number of pyridine rings is 1. The summed E-state index contributed by atoms with van der Waals surface area (Å²) in [6.07, 6.45) is -0.851. The normalized spacial score (nSPS) is 17.3. The molecule has 1 atom stereocenters. The van der Waals surface area contributed by atoms with E-state index in [-0.39, 0.29) is 22.9 Å². The van der Waals surface area contributed by atoms with Gasteiger partial charge in [-0.15, -0.1) is 0 Å². The first-order valence-electron chi connectivity index (χ1n) is 8.54. The number of carbonyl (C=O) groups excluding carboxylic acids is 1. The van der Waals surface area contributed by atoms with E-state index in [0.717, 1.165) is 37.5 Å². The number of aliphatic imine (C=N–C) groups is 1.